The Morgan fingerprint density at radius 1 is 1.35 bits per heavy atom. The molecule has 1 N–H and O–H groups in total. The molecule has 120 valence electrons. The maximum atomic E-state index is 13.0. The first-order valence-corrected chi connectivity index (χ1v) is 7.78. The van der Waals surface area contributed by atoms with Crippen LogP contribution < -0.4 is 5.32 Å². The Hall–Kier alpha value is -2.30. The van der Waals surface area contributed by atoms with E-state index in [1.807, 2.05) is 12.1 Å². The second-order valence-corrected chi connectivity index (χ2v) is 5.71. The average Bonchev–Trinajstić information content (AvgIpc) is 2.99. The molecule has 3 nitrogen and oxygen atoms in total. The number of aromatic nitrogens is 1. The number of rotatable bonds is 4. The first kappa shape index (κ1) is 15.6. The number of nitrogens with one attached hydrogen (secondary N) is 1. The molecule has 3 rings (SSSR count). The van der Waals surface area contributed by atoms with Gasteiger partial charge in [0.25, 0.3) is 12.3 Å². The predicted molar refractivity (Wildman–Crippen MR) is 84.9 cm³/mol. The van der Waals surface area contributed by atoms with Gasteiger partial charge in [0, 0.05) is 11.9 Å². The molecule has 23 heavy (non-hydrogen) atoms. The zero-order chi connectivity index (χ0) is 16.4. The summed E-state index contributed by atoms with van der Waals surface area (Å²) >= 11 is 0. The number of carbonyl (C=O) groups excluding carboxylic acids is 1. The molecule has 1 aliphatic carbocycles. The highest BCUT2D eigenvalue weighted by molar-refractivity contribution is 6.05. The minimum atomic E-state index is -2.78. The molecule has 1 aromatic heterocycles. The second kappa shape index (κ2) is 6.44. The topological polar surface area (TPSA) is 42.0 Å². The normalized spacial score (nSPS) is 16.4. The van der Waals surface area contributed by atoms with Crippen molar-refractivity contribution in [1.29, 1.82) is 0 Å². The average molecular weight is 316 g/mol. The Labute approximate surface area is 133 Å². The van der Waals surface area contributed by atoms with E-state index in [-0.39, 0.29) is 5.56 Å². The summed E-state index contributed by atoms with van der Waals surface area (Å²) in [5.41, 5.74) is 2.54. The third-order valence-electron chi connectivity index (χ3n) is 4.40. The van der Waals surface area contributed by atoms with E-state index >= 15 is 0 Å². The number of anilines is 1. The lowest BCUT2D eigenvalue weighted by Crippen LogP contribution is -2.17. The predicted octanol–water partition coefficient (Wildman–Crippen LogP) is 4.71. The van der Waals surface area contributed by atoms with Crippen LogP contribution in [0.2, 0.25) is 0 Å². The summed E-state index contributed by atoms with van der Waals surface area (Å²) < 4.78 is 26.0. The number of carbonyl (C=O) groups is 1. The van der Waals surface area contributed by atoms with Crippen LogP contribution >= 0.6 is 0 Å². The van der Waals surface area contributed by atoms with Gasteiger partial charge < -0.3 is 5.32 Å². The number of fused-ring (bicyclic) bond motifs is 1. The molecule has 1 heterocycles. The summed E-state index contributed by atoms with van der Waals surface area (Å²) in [7, 11) is 0. The maximum absolute atomic E-state index is 13.0. The highest BCUT2D eigenvalue weighted by atomic mass is 19.3. The molecule has 1 unspecified atom stereocenters. The van der Waals surface area contributed by atoms with E-state index in [1.54, 1.807) is 0 Å². The molecule has 0 saturated heterocycles. The van der Waals surface area contributed by atoms with Crippen molar-refractivity contribution >= 4 is 11.6 Å². The van der Waals surface area contributed by atoms with Crippen molar-refractivity contribution < 1.29 is 13.6 Å². The molecular formula is C18H18F2N2O. The molecule has 2 aromatic rings. The van der Waals surface area contributed by atoms with Gasteiger partial charge in [0.15, 0.2) is 0 Å². The highest BCUT2D eigenvalue weighted by Crippen LogP contribution is 2.40. The lowest BCUT2D eigenvalue weighted by molar-refractivity contribution is 0.100. The van der Waals surface area contributed by atoms with Crippen LogP contribution in [-0.2, 0) is 6.42 Å². The lowest BCUT2D eigenvalue weighted by atomic mass is 9.96. The Morgan fingerprint density at radius 3 is 2.91 bits per heavy atom. The van der Waals surface area contributed by atoms with Gasteiger partial charge >= 0.3 is 0 Å². The van der Waals surface area contributed by atoms with Gasteiger partial charge in [0.1, 0.15) is 5.69 Å². The van der Waals surface area contributed by atoms with E-state index in [4.69, 9.17) is 0 Å². The zero-order valence-corrected chi connectivity index (χ0v) is 12.9. The van der Waals surface area contributed by atoms with Crippen LogP contribution in [0.5, 0.6) is 0 Å². The van der Waals surface area contributed by atoms with E-state index in [2.05, 4.69) is 23.3 Å². The summed E-state index contributed by atoms with van der Waals surface area (Å²) in [6.07, 6.45) is 1.54. The molecular weight excluding hydrogens is 298 g/mol. The second-order valence-electron chi connectivity index (χ2n) is 5.71. The molecule has 1 amide bonds. The number of aryl methyl sites for hydroxylation is 1. The van der Waals surface area contributed by atoms with Crippen LogP contribution in [0.25, 0.3) is 0 Å². The van der Waals surface area contributed by atoms with Crippen LogP contribution in [0.3, 0.4) is 0 Å². The SMILES string of the molecule is CCC1CCc2cccc(NC(=O)c3cccnc3C(F)F)c21. The van der Waals surface area contributed by atoms with E-state index in [0.717, 1.165) is 30.5 Å². The molecule has 5 heteroatoms. The number of halogens is 2. The number of alkyl halides is 2. The number of benzene rings is 1. The van der Waals surface area contributed by atoms with Crippen LogP contribution in [-0.4, -0.2) is 10.9 Å². The largest absolute Gasteiger partial charge is 0.322 e. The van der Waals surface area contributed by atoms with Gasteiger partial charge in [0.2, 0.25) is 0 Å². The van der Waals surface area contributed by atoms with Crippen molar-refractivity contribution in [3.63, 3.8) is 0 Å². The number of pyridine rings is 1. The minimum Gasteiger partial charge on any atom is -0.322 e. The van der Waals surface area contributed by atoms with Crippen LogP contribution in [0, 0.1) is 0 Å². The fraction of sp³-hybridized carbons (Fsp3) is 0.333. The monoisotopic (exact) mass is 316 g/mol. The van der Waals surface area contributed by atoms with Crippen molar-refractivity contribution in [3.05, 3.63) is 58.9 Å². The zero-order valence-electron chi connectivity index (χ0n) is 12.9. The van der Waals surface area contributed by atoms with Crippen molar-refractivity contribution in [3.8, 4) is 0 Å². The third-order valence-corrected chi connectivity index (χ3v) is 4.40. The van der Waals surface area contributed by atoms with Gasteiger partial charge in [-0.2, -0.15) is 0 Å². The van der Waals surface area contributed by atoms with Crippen LogP contribution in [0.15, 0.2) is 36.5 Å². The van der Waals surface area contributed by atoms with Crippen molar-refractivity contribution in [2.24, 2.45) is 0 Å². The Kier molecular flexibility index (Phi) is 4.37. The van der Waals surface area contributed by atoms with E-state index in [1.165, 1.54) is 23.9 Å². The molecule has 1 aliphatic rings. The molecule has 0 aliphatic heterocycles. The van der Waals surface area contributed by atoms with Gasteiger partial charge in [-0.25, -0.2) is 8.78 Å². The van der Waals surface area contributed by atoms with Gasteiger partial charge in [-0.15, -0.1) is 0 Å². The van der Waals surface area contributed by atoms with Crippen molar-refractivity contribution in [1.82, 2.24) is 4.98 Å². The van der Waals surface area contributed by atoms with Gasteiger partial charge in [-0.1, -0.05) is 19.1 Å². The van der Waals surface area contributed by atoms with Gasteiger partial charge in [-0.3, -0.25) is 9.78 Å². The smallest absolute Gasteiger partial charge is 0.281 e. The maximum Gasteiger partial charge on any atom is 0.281 e. The first-order valence-electron chi connectivity index (χ1n) is 7.78. The Balaban J connectivity index is 1.92. The highest BCUT2D eigenvalue weighted by Gasteiger charge is 2.26. The quantitative estimate of drug-likeness (QED) is 0.887. The van der Waals surface area contributed by atoms with E-state index < -0.39 is 18.0 Å². The summed E-state index contributed by atoms with van der Waals surface area (Å²) in [5.74, 6) is -0.131. The molecule has 0 fully saturated rings. The van der Waals surface area contributed by atoms with Gasteiger partial charge in [0.05, 0.1) is 5.56 Å². The number of amides is 1. The molecule has 0 saturated carbocycles. The fourth-order valence-corrected chi connectivity index (χ4v) is 3.28. The van der Waals surface area contributed by atoms with Crippen molar-refractivity contribution in [2.45, 2.75) is 38.5 Å². The van der Waals surface area contributed by atoms with Crippen LogP contribution in [0.1, 0.15) is 59.3 Å². The molecule has 1 atom stereocenters. The third kappa shape index (κ3) is 2.96. The molecule has 0 bridgehead atoms. The Bertz CT molecular complexity index is 731. The summed E-state index contributed by atoms with van der Waals surface area (Å²) in [4.78, 5) is 16.1. The molecule has 0 spiro atoms. The van der Waals surface area contributed by atoms with Crippen molar-refractivity contribution in [2.75, 3.05) is 5.32 Å². The lowest BCUT2D eigenvalue weighted by Gasteiger charge is -2.16. The van der Waals surface area contributed by atoms with E-state index in [9.17, 15) is 13.6 Å². The molecule has 1 aromatic carbocycles. The van der Waals surface area contributed by atoms with Gasteiger partial charge in [-0.05, 0) is 54.5 Å². The number of hydrogen-bond acceptors (Lipinski definition) is 2. The minimum absolute atomic E-state index is 0.0776. The molecule has 0 radical (unpaired) electrons. The summed E-state index contributed by atoms with van der Waals surface area (Å²) in [5, 5.41) is 2.81. The summed E-state index contributed by atoms with van der Waals surface area (Å²) in [6.45, 7) is 2.12. The van der Waals surface area contributed by atoms with Crippen LogP contribution in [0.4, 0.5) is 14.5 Å². The number of hydrogen-bond donors (Lipinski definition) is 1. The number of nitrogens with zero attached hydrogens (tertiary/aromatic N) is 1. The Morgan fingerprint density at radius 2 is 2.17 bits per heavy atom. The fourth-order valence-electron chi connectivity index (χ4n) is 3.28. The summed E-state index contributed by atoms with van der Waals surface area (Å²) in [6, 6.07) is 8.66. The standard InChI is InChI=1S/C18H18F2N2O/c1-2-11-8-9-12-5-3-7-14(15(11)12)22-18(23)13-6-4-10-21-16(13)17(19)20/h3-7,10-11,17H,2,8-9H2,1H3,(H,22,23). The first-order chi connectivity index (χ1) is 11.1. The van der Waals surface area contributed by atoms with E-state index in [0.29, 0.717) is 5.92 Å².